The maximum Gasteiger partial charge on any atom is 0.378 e. The lowest BCUT2D eigenvalue weighted by Crippen LogP contribution is -2.04. The first-order valence-corrected chi connectivity index (χ1v) is 5.20. The van der Waals surface area contributed by atoms with Gasteiger partial charge in [0, 0.05) is 5.69 Å². The molecule has 0 fully saturated rings. The number of halogens is 1. The van der Waals surface area contributed by atoms with Gasteiger partial charge < -0.3 is 19.6 Å². The molecule has 1 aromatic carbocycles. The number of benzene rings is 1. The molecule has 0 bridgehead atoms. The van der Waals surface area contributed by atoms with E-state index >= 15 is 0 Å². The highest BCUT2D eigenvalue weighted by Crippen LogP contribution is 2.34. The SMILES string of the molecule is CCOC(=O)c1oc2ccc(N)cc2c1OC.Cl. The number of esters is 1. The Kier molecular flexibility index (Phi) is 4.44. The van der Waals surface area contributed by atoms with Crippen LogP contribution in [0.5, 0.6) is 5.75 Å². The zero-order valence-corrected chi connectivity index (χ0v) is 10.9. The highest BCUT2D eigenvalue weighted by Gasteiger charge is 2.22. The predicted molar refractivity (Wildman–Crippen MR) is 70.4 cm³/mol. The Morgan fingerprint density at radius 3 is 2.78 bits per heavy atom. The summed E-state index contributed by atoms with van der Waals surface area (Å²) < 4.78 is 15.5. The molecule has 6 heteroatoms. The van der Waals surface area contributed by atoms with E-state index in [-0.39, 0.29) is 24.8 Å². The zero-order valence-electron chi connectivity index (χ0n) is 10.1. The summed E-state index contributed by atoms with van der Waals surface area (Å²) in [6, 6.07) is 5.08. The molecule has 2 rings (SSSR count). The summed E-state index contributed by atoms with van der Waals surface area (Å²) in [6.07, 6.45) is 0. The third kappa shape index (κ3) is 2.36. The smallest absolute Gasteiger partial charge is 0.378 e. The summed E-state index contributed by atoms with van der Waals surface area (Å²) >= 11 is 0. The van der Waals surface area contributed by atoms with Crippen molar-refractivity contribution in [3.8, 4) is 5.75 Å². The van der Waals surface area contributed by atoms with Gasteiger partial charge in [-0.05, 0) is 25.1 Å². The van der Waals surface area contributed by atoms with E-state index in [2.05, 4.69) is 0 Å². The van der Waals surface area contributed by atoms with E-state index in [1.54, 1.807) is 25.1 Å². The molecule has 0 saturated heterocycles. The summed E-state index contributed by atoms with van der Waals surface area (Å²) in [5, 5.41) is 0.663. The number of nitrogen functional groups attached to an aromatic ring is 1. The van der Waals surface area contributed by atoms with Gasteiger partial charge in [0.05, 0.1) is 19.1 Å². The second-order valence-electron chi connectivity index (χ2n) is 3.44. The minimum Gasteiger partial charge on any atom is -0.492 e. The molecule has 0 aliphatic heterocycles. The largest absolute Gasteiger partial charge is 0.492 e. The molecule has 1 heterocycles. The van der Waals surface area contributed by atoms with Crippen LogP contribution in [0.1, 0.15) is 17.5 Å². The fourth-order valence-corrected chi connectivity index (χ4v) is 1.63. The second-order valence-corrected chi connectivity index (χ2v) is 3.44. The number of nitrogens with two attached hydrogens (primary N) is 1. The first kappa shape index (κ1) is 14.2. The number of carbonyl (C=O) groups is 1. The van der Waals surface area contributed by atoms with Gasteiger partial charge in [0.2, 0.25) is 0 Å². The third-order valence-corrected chi connectivity index (χ3v) is 2.33. The average molecular weight is 272 g/mol. The molecule has 0 radical (unpaired) electrons. The maximum atomic E-state index is 11.7. The number of methoxy groups -OCH3 is 1. The molecule has 0 saturated carbocycles. The van der Waals surface area contributed by atoms with E-state index in [0.717, 1.165) is 0 Å². The number of hydrogen-bond acceptors (Lipinski definition) is 5. The topological polar surface area (TPSA) is 74.7 Å². The van der Waals surface area contributed by atoms with Crippen molar-refractivity contribution < 1.29 is 18.7 Å². The van der Waals surface area contributed by atoms with Crippen molar-refractivity contribution in [2.24, 2.45) is 0 Å². The standard InChI is InChI=1S/C12H13NO4.ClH/c1-3-16-12(14)11-10(15-2)8-6-7(13)4-5-9(8)17-11;/h4-6H,3,13H2,1-2H3;1H. The molecule has 0 atom stereocenters. The summed E-state index contributed by atoms with van der Waals surface area (Å²) in [6.45, 7) is 2.01. The molecule has 0 spiro atoms. The summed E-state index contributed by atoms with van der Waals surface area (Å²) in [4.78, 5) is 11.7. The Bertz CT molecular complexity index is 564. The average Bonchev–Trinajstić information content (AvgIpc) is 2.67. The van der Waals surface area contributed by atoms with Crippen LogP contribution in [-0.2, 0) is 4.74 Å². The van der Waals surface area contributed by atoms with Crippen molar-refractivity contribution in [1.29, 1.82) is 0 Å². The maximum absolute atomic E-state index is 11.7. The molecule has 2 aromatic rings. The van der Waals surface area contributed by atoms with Gasteiger partial charge in [0.15, 0.2) is 5.75 Å². The minimum atomic E-state index is -0.542. The molecule has 0 aliphatic rings. The van der Waals surface area contributed by atoms with E-state index in [0.29, 0.717) is 22.4 Å². The summed E-state index contributed by atoms with van der Waals surface area (Å²) in [7, 11) is 1.47. The fraction of sp³-hybridized carbons (Fsp3) is 0.250. The normalized spacial score (nSPS) is 9.89. The van der Waals surface area contributed by atoms with Crippen LogP contribution in [0, 0.1) is 0 Å². The van der Waals surface area contributed by atoms with Gasteiger partial charge in [-0.3, -0.25) is 0 Å². The van der Waals surface area contributed by atoms with Crippen LogP contribution in [0.4, 0.5) is 5.69 Å². The zero-order chi connectivity index (χ0) is 12.4. The first-order valence-electron chi connectivity index (χ1n) is 5.20. The van der Waals surface area contributed by atoms with Gasteiger partial charge in [-0.15, -0.1) is 12.4 Å². The Morgan fingerprint density at radius 1 is 1.44 bits per heavy atom. The van der Waals surface area contributed by atoms with E-state index < -0.39 is 5.97 Å². The Morgan fingerprint density at radius 2 is 2.17 bits per heavy atom. The Labute approximate surface area is 110 Å². The molecule has 5 nitrogen and oxygen atoms in total. The predicted octanol–water partition coefficient (Wildman–Crippen LogP) is 2.62. The summed E-state index contributed by atoms with van der Waals surface area (Å²) in [5.74, 6) is -0.125. The quantitative estimate of drug-likeness (QED) is 0.686. The van der Waals surface area contributed by atoms with Crippen molar-refractivity contribution in [3.05, 3.63) is 24.0 Å². The number of furan rings is 1. The van der Waals surface area contributed by atoms with Crippen LogP contribution < -0.4 is 10.5 Å². The van der Waals surface area contributed by atoms with Crippen molar-refractivity contribution in [2.75, 3.05) is 19.5 Å². The number of carbonyl (C=O) groups excluding carboxylic acids is 1. The molecule has 0 amide bonds. The van der Waals surface area contributed by atoms with Crippen LogP contribution in [0.15, 0.2) is 22.6 Å². The monoisotopic (exact) mass is 271 g/mol. The fourth-order valence-electron chi connectivity index (χ4n) is 1.63. The number of rotatable bonds is 3. The molecule has 2 N–H and O–H groups in total. The Hall–Kier alpha value is -1.88. The molecule has 98 valence electrons. The lowest BCUT2D eigenvalue weighted by atomic mass is 10.2. The van der Waals surface area contributed by atoms with Gasteiger partial charge in [-0.25, -0.2) is 4.79 Å². The lowest BCUT2D eigenvalue weighted by Gasteiger charge is -2.01. The number of fused-ring (bicyclic) bond motifs is 1. The van der Waals surface area contributed by atoms with E-state index in [4.69, 9.17) is 19.6 Å². The van der Waals surface area contributed by atoms with E-state index in [1.165, 1.54) is 7.11 Å². The third-order valence-electron chi connectivity index (χ3n) is 2.33. The van der Waals surface area contributed by atoms with E-state index in [9.17, 15) is 4.79 Å². The lowest BCUT2D eigenvalue weighted by molar-refractivity contribution is 0.0488. The Balaban J connectivity index is 0.00000162. The molecule has 0 unspecified atom stereocenters. The van der Waals surface area contributed by atoms with Crippen molar-refractivity contribution >= 4 is 35.0 Å². The molecule has 18 heavy (non-hydrogen) atoms. The van der Waals surface area contributed by atoms with Crippen molar-refractivity contribution in [2.45, 2.75) is 6.92 Å². The van der Waals surface area contributed by atoms with Gasteiger partial charge >= 0.3 is 5.97 Å². The number of anilines is 1. The molecule has 0 aliphatic carbocycles. The first-order chi connectivity index (χ1) is 8.17. The van der Waals surface area contributed by atoms with Gasteiger partial charge in [-0.1, -0.05) is 0 Å². The van der Waals surface area contributed by atoms with E-state index in [1.807, 2.05) is 0 Å². The number of hydrogen-bond donors (Lipinski definition) is 1. The van der Waals surface area contributed by atoms with Gasteiger partial charge in [0.25, 0.3) is 5.76 Å². The highest BCUT2D eigenvalue weighted by atomic mass is 35.5. The minimum absolute atomic E-state index is 0. The van der Waals surface area contributed by atoms with Crippen LogP contribution in [0.25, 0.3) is 11.0 Å². The van der Waals surface area contributed by atoms with Crippen LogP contribution in [0.2, 0.25) is 0 Å². The van der Waals surface area contributed by atoms with Crippen LogP contribution in [-0.4, -0.2) is 19.7 Å². The molecular formula is C12H14ClNO4. The van der Waals surface area contributed by atoms with Gasteiger partial charge in [0.1, 0.15) is 5.58 Å². The molecular weight excluding hydrogens is 258 g/mol. The van der Waals surface area contributed by atoms with Gasteiger partial charge in [-0.2, -0.15) is 0 Å². The van der Waals surface area contributed by atoms with Crippen LogP contribution >= 0.6 is 12.4 Å². The van der Waals surface area contributed by atoms with Crippen molar-refractivity contribution in [3.63, 3.8) is 0 Å². The van der Waals surface area contributed by atoms with Crippen LogP contribution in [0.3, 0.4) is 0 Å². The van der Waals surface area contributed by atoms with Crippen molar-refractivity contribution in [1.82, 2.24) is 0 Å². The molecule has 1 aromatic heterocycles. The summed E-state index contributed by atoms with van der Waals surface area (Å²) in [5.41, 5.74) is 6.79. The number of ether oxygens (including phenoxy) is 2. The second kappa shape index (κ2) is 5.64. The highest BCUT2D eigenvalue weighted by molar-refractivity contribution is 5.99.